The van der Waals surface area contributed by atoms with Crippen molar-refractivity contribution in [2.45, 2.75) is 25.5 Å². The lowest BCUT2D eigenvalue weighted by molar-refractivity contribution is 0.306. The van der Waals surface area contributed by atoms with Crippen LogP contribution in [0.25, 0.3) is 0 Å². The molecule has 1 aromatic heterocycles. The Morgan fingerprint density at radius 1 is 1.35 bits per heavy atom. The molecule has 20 heavy (non-hydrogen) atoms. The zero-order valence-corrected chi connectivity index (χ0v) is 11.0. The molecule has 0 amide bonds. The Morgan fingerprint density at radius 2 is 2.25 bits per heavy atom. The van der Waals surface area contributed by atoms with Crippen LogP contribution in [0.1, 0.15) is 34.8 Å². The predicted octanol–water partition coefficient (Wildman–Crippen LogP) is 2.48. The lowest BCUT2D eigenvalue weighted by Gasteiger charge is -2.09. The number of aryl methyl sites for hydroxylation is 1. The summed E-state index contributed by atoms with van der Waals surface area (Å²) < 4.78 is 5.77. The molecule has 0 spiro atoms. The van der Waals surface area contributed by atoms with E-state index in [1.807, 2.05) is 18.2 Å². The lowest BCUT2D eigenvalue weighted by Crippen LogP contribution is -2.05. The van der Waals surface area contributed by atoms with Crippen molar-refractivity contribution in [3.05, 3.63) is 58.9 Å². The molecule has 0 saturated carbocycles. The van der Waals surface area contributed by atoms with E-state index in [2.05, 4.69) is 17.1 Å². The Balaban J connectivity index is 1.71. The first-order chi connectivity index (χ1) is 9.76. The van der Waals surface area contributed by atoms with Gasteiger partial charge in [0.1, 0.15) is 24.1 Å². The van der Waals surface area contributed by atoms with Gasteiger partial charge in [0.15, 0.2) is 0 Å². The smallest absolute Gasteiger partial charge is 0.140 e. The van der Waals surface area contributed by atoms with E-state index < -0.39 is 0 Å². The monoisotopic (exact) mass is 265 g/mol. The maximum absolute atomic E-state index is 8.81. The van der Waals surface area contributed by atoms with E-state index in [9.17, 15) is 0 Å². The highest BCUT2D eigenvalue weighted by atomic mass is 16.5. The lowest BCUT2D eigenvalue weighted by atomic mass is 10.1. The van der Waals surface area contributed by atoms with Crippen LogP contribution in [0.3, 0.4) is 0 Å². The topological polar surface area (TPSA) is 71.9 Å². The third kappa shape index (κ3) is 2.49. The quantitative estimate of drug-likeness (QED) is 0.925. The first-order valence-corrected chi connectivity index (χ1v) is 6.62. The van der Waals surface area contributed by atoms with Gasteiger partial charge >= 0.3 is 0 Å². The molecule has 2 aromatic rings. The highest BCUT2D eigenvalue weighted by Gasteiger charge is 2.19. The number of fused-ring (bicyclic) bond motifs is 1. The Bertz CT molecular complexity index is 676. The van der Waals surface area contributed by atoms with Crippen molar-refractivity contribution in [3.63, 3.8) is 0 Å². The van der Waals surface area contributed by atoms with Gasteiger partial charge in [-0.1, -0.05) is 6.07 Å². The van der Waals surface area contributed by atoms with Crippen LogP contribution >= 0.6 is 0 Å². The Morgan fingerprint density at radius 3 is 3.10 bits per heavy atom. The predicted molar refractivity (Wildman–Crippen MR) is 75.0 cm³/mol. The van der Waals surface area contributed by atoms with Gasteiger partial charge in [-0.05, 0) is 53.8 Å². The maximum atomic E-state index is 8.81. The zero-order chi connectivity index (χ0) is 13.9. The van der Waals surface area contributed by atoms with E-state index in [0.29, 0.717) is 12.3 Å². The van der Waals surface area contributed by atoms with Crippen LogP contribution in [-0.4, -0.2) is 4.98 Å². The van der Waals surface area contributed by atoms with Crippen molar-refractivity contribution < 1.29 is 4.74 Å². The molecular weight excluding hydrogens is 250 g/mol. The minimum absolute atomic E-state index is 0.164. The van der Waals surface area contributed by atoms with Crippen LogP contribution in [0.15, 0.2) is 36.5 Å². The second-order valence-corrected chi connectivity index (χ2v) is 4.96. The second-order valence-electron chi connectivity index (χ2n) is 4.96. The minimum atomic E-state index is 0.164. The molecular formula is C16H15N3O. The summed E-state index contributed by atoms with van der Waals surface area (Å²) in [6.45, 7) is 0.433. The van der Waals surface area contributed by atoms with Crippen LogP contribution in [0, 0.1) is 11.3 Å². The van der Waals surface area contributed by atoms with Crippen LogP contribution in [0.5, 0.6) is 5.75 Å². The zero-order valence-electron chi connectivity index (χ0n) is 11.0. The third-order valence-electron chi connectivity index (χ3n) is 3.58. The van der Waals surface area contributed by atoms with E-state index in [4.69, 9.17) is 15.7 Å². The molecule has 0 fully saturated rings. The Labute approximate surface area is 117 Å². The molecule has 0 aliphatic heterocycles. The molecule has 2 N–H and O–H groups in total. The number of rotatable bonds is 3. The van der Waals surface area contributed by atoms with Crippen molar-refractivity contribution in [1.82, 2.24) is 4.98 Å². The van der Waals surface area contributed by atoms with Crippen LogP contribution < -0.4 is 10.5 Å². The molecule has 1 aromatic carbocycles. The number of hydrogen-bond donors (Lipinski definition) is 1. The van der Waals surface area contributed by atoms with Gasteiger partial charge in [-0.25, -0.2) is 4.98 Å². The summed E-state index contributed by atoms with van der Waals surface area (Å²) in [6, 6.07) is 11.8. The molecule has 0 bridgehead atoms. The molecule has 1 atom stereocenters. The standard InChI is InChI=1S/C16H15N3O/c17-9-13-7-11(5-6-19-13)10-20-14-2-3-15-12(8-14)1-4-16(15)18/h2-3,5-8,16H,1,4,10,18H2/t16-/m1/s1. The van der Waals surface area contributed by atoms with Gasteiger partial charge < -0.3 is 10.5 Å². The molecule has 3 rings (SSSR count). The molecule has 100 valence electrons. The molecule has 0 radical (unpaired) electrons. The number of nitrogens with two attached hydrogens (primary N) is 1. The van der Waals surface area contributed by atoms with Crippen LogP contribution in [-0.2, 0) is 13.0 Å². The van der Waals surface area contributed by atoms with Gasteiger partial charge in [-0.3, -0.25) is 0 Å². The van der Waals surface area contributed by atoms with Crippen LogP contribution in [0.2, 0.25) is 0 Å². The average molecular weight is 265 g/mol. The SMILES string of the molecule is N#Cc1cc(COc2ccc3c(c2)CC[C@H]3N)ccn1. The second kappa shape index (κ2) is 5.32. The molecule has 0 saturated heterocycles. The molecule has 1 heterocycles. The number of nitriles is 1. The van der Waals surface area contributed by atoms with E-state index >= 15 is 0 Å². The molecule has 4 nitrogen and oxygen atoms in total. The normalized spacial score (nSPS) is 16.5. The number of aromatic nitrogens is 1. The first-order valence-electron chi connectivity index (χ1n) is 6.62. The molecule has 4 heteroatoms. The van der Waals surface area contributed by atoms with Gasteiger partial charge in [0, 0.05) is 12.2 Å². The van der Waals surface area contributed by atoms with Gasteiger partial charge in [0.05, 0.1) is 0 Å². The first kappa shape index (κ1) is 12.6. The van der Waals surface area contributed by atoms with Gasteiger partial charge in [-0.2, -0.15) is 5.26 Å². The van der Waals surface area contributed by atoms with E-state index in [0.717, 1.165) is 24.2 Å². The summed E-state index contributed by atoms with van der Waals surface area (Å²) in [7, 11) is 0. The summed E-state index contributed by atoms with van der Waals surface area (Å²) in [4.78, 5) is 3.94. The van der Waals surface area contributed by atoms with Crippen LogP contribution in [0.4, 0.5) is 0 Å². The summed E-state index contributed by atoms with van der Waals surface area (Å²) in [5.74, 6) is 0.841. The van der Waals surface area contributed by atoms with Gasteiger partial charge in [-0.15, -0.1) is 0 Å². The Hall–Kier alpha value is -2.38. The summed E-state index contributed by atoms with van der Waals surface area (Å²) in [5, 5.41) is 8.81. The Kier molecular flexibility index (Phi) is 3.36. The van der Waals surface area contributed by atoms with Crippen molar-refractivity contribution >= 4 is 0 Å². The summed E-state index contributed by atoms with van der Waals surface area (Å²) >= 11 is 0. The van der Waals surface area contributed by atoms with Crippen molar-refractivity contribution in [1.29, 1.82) is 5.26 Å². The fourth-order valence-electron chi connectivity index (χ4n) is 2.51. The number of ether oxygens (including phenoxy) is 1. The van der Waals surface area contributed by atoms with Crippen molar-refractivity contribution in [2.24, 2.45) is 5.73 Å². The van der Waals surface area contributed by atoms with Gasteiger partial charge in [0.25, 0.3) is 0 Å². The molecule has 1 aliphatic rings. The highest BCUT2D eigenvalue weighted by molar-refractivity contribution is 5.40. The van der Waals surface area contributed by atoms with Crippen molar-refractivity contribution in [2.75, 3.05) is 0 Å². The maximum Gasteiger partial charge on any atom is 0.140 e. The van der Waals surface area contributed by atoms with E-state index in [1.165, 1.54) is 11.1 Å². The number of benzene rings is 1. The van der Waals surface area contributed by atoms with E-state index in [1.54, 1.807) is 12.3 Å². The molecule has 1 aliphatic carbocycles. The fourth-order valence-corrected chi connectivity index (χ4v) is 2.51. The highest BCUT2D eigenvalue weighted by Crippen LogP contribution is 2.32. The summed E-state index contributed by atoms with van der Waals surface area (Å²) in [6.07, 6.45) is 3.65. The number of pyridine rings is 1. The van der Waals surface area contributed by atoms with Gasteiger partial charge in [0.2, 0.25) is 0 Å². The number of nitrogens with zero attached hydrogens (tertiary/aromatic N) is 2. The third-order valence-corrected chi connectivity index (χ3v) is 3.58. The van der Waals surface area contributed by atoms with Crippen molar-refractivity contribution in [3.8, 4) is 11.8 Å². The fraction of sp³-hybridized carbons (Fsp3) is 0.250. The summed E-state index contributed by atoms with van der Waals surface area (Å²) in [5.41, 5.74) is 9.87. The average Bonchev–Trinajstić information content (AvgIpc) is 2.86. The molecule has 0 unspecified atom stereocenters. The minimum Gasteiger partial charge on any atom is -0.489 e. The number of hydrogen-bond acceptors (Lipinski definition) is 4. The van der Waals surface area contributed by atoms with E-state index in [-0.39, 0.29) is 6.04 Å². The largest absolute Gasteiger partial charge is 0.489 e.